The normalized spacial score (nSPS) is 14.9. The van der Waals surface area contributed by atoms with E-state index in [0.717, 1.165) is 76.6 Å². The molecule has 6 rings (SSSR count). The van der Waals surface area contributed by atoms with Gasteiger partial charge in [0.2, 0.25) is 0 Å². The van der Waals surface area contributed by atoms with Crippen LogP contribution in [0.1, 0.15) is 18.5 Å². The number of aryl methyl sites for hydroxylation is 1. The predicted molar refractivity (Wildman–Crippen MR) is 149 cm³/mol. The Hall–Kier alpha value is -3.45. The van der Waals surface area contributed by atoms with Crippen molar-refractivity contribution in [3.63, 3.8) is 0 Å². The number of rotatable bonds is 4. The molecule has 0 saturated carbocycles. The van der Waals surface area contributed by atoms with E-state index in [1.165, 1.54) is 0 Å². The summed E-state index contributed by atoms with van der Waals surface area (Å²) in [6.07, 6.45) is 3.57. The van der Waals surface area contributed by atoms with Crippen LogP contribution in [0.25, 0.3) is 28.1 Å². The van der Waals surface area contributed by atoms with Crippen LogP contribution in [0.3, 0.4) is 0 Å². The van der Waals surface area contributed by atoms with Gasteiger partial charge in [0.25, 0.3) is 0 Å². The van der Waals surface area contributed by atoms with Gasteiger partial charge in [0.1, 0.15) is 0 Å². The third kappa shape index (κ3) is 4.80. The Balaban J connectivity index is 1.65. The van der Waals surface area contributed by atoms with Gasteiger partial charge in [0.05, 0.1) is 61.6 Å². The van der Waals surface area contributed by atoms with Crippen LogP contribution < -0.4 is 10.7 Å². The van der Waals surface area contributed by atoms with E-state index in [0.29, 0.717) is 10.0 Å². The van der Waals surface area contributed by atoms with Crippen molar-refractivity contribution in [3.8, 4) is 17.1 Å². The van der Waals surface area contributed by atoms with E-state index in [1.54, 1.807) is 12.3 Å². The lowest BCUT2D eigenvalue weighted by Crippen LogP contribution is -2.23. The number of halogens is 2. The van der Waals surface area contributed by atoms with Gasteiger partial charge in [-0.2, -0.15) is 0 Å². The molecule has 6 nitrogen and oxygen atoms in total. The fraction of sp³-hybridized carbons (Fsp3) is 0.207. The van der Waals surface area contributed by atoms with Crippen molar-refractivity contribution in [1.82, 2.24) is 14.5 Å². The molecule has 0 radical (unpaired) electrons. The first-order valence-electron chi connectivity index (χ1n) is 12.3. The van der Waals surface area contributed by atoms with Crippen LogP contribution >= 0.6 is 23.2 Å². The summed E-state index contributed by atoms with van der Waals surface area (Å²) in [5.74, 6) is 0. The number of pyridine rings is 1. The fourth-order valence-electron chi connectivity index (χ4n) is 4.74. The summed E-state index contributed by atoms with van der Waals surface area (Å²) in [4.78, 5) is 14.6. The summed E-state index contributed by atoms with van der Waals surface area (Å²) in [7, 11) is 0. The minimum absolute atomic E-state index is 0.183. The van der Waals surface area contributed by atoms with E-state index < -0.39 is 0 Å². The molecule has 37 heavy (non-hydrogen) atoms. The molecular formula is C29H25Cl2N5O. The molecule has 2 aliphatic heterocycles. The lowest BCUT2D eigenvalue weighted by molar-refractivity contribution is 0.0864. The van der Waals surface area contributed by atoms with Gasteiger partial charge in [-0.1, -0.05) is 35.3 Å². The van der Waals surface area contributed by atoms with Crippen molar-refractivity contribution in [1.29, 1.82) is 0 Å². The van der Waals surface area contributed by atoms with E-state index in [9.17, 15) is 0 Å². The zero-order valence-electron chi connectivity index (χ0n) is 20.3. The first-order chi connectivity index (χ1) is 18.1. The Morgan fingerprint density at radius 2 is 1.81 bits per heavy atom. The molecule has 1 N–H and O–H groups in total. The van der Waals surface area contributed by atoms with E-state index >= 15 is 0 Å². The molecule has 0 bridgehead atoms. The number of nitrogens with zero attached hydrogens (tertiary/aromatic N) is 4. The van der Waals surface area contributed by atoms with Crippen molar-refractivity contribution in [2.75, 3.05) is 18.5 Å². The minimum atomic E-state index is 0.183. The Bertz CT molecular complexity index is 1640. The largest absolute Gasteiger partial charge is 0.381 e. The average molecular weight is 530 g/mol. The predicted octanol–water partition coefficient (Wildman–Crippen LogP) is 6.96. The molecular weight excluding hydrogens is 505 g/mol. The Morgan fingerprint density at radius 3 is 2.62 bits per heavy atom. The molecule has 2 aromatic carbocycles. The van der Waals surface area contributed by atoms with Crippen LogP contribution in [0.4, 0.5) is 11.4 Å². The first kappa shape index (κ1) is 23.9. The Kier molecular flexibility index (Phi) is 6.55. The topological polar surface area (TPSA) is 64.3 Å². The molecule has 1 aromatic heterocycles. The number of ether oxygens (including phenoxy) is 1. The first-order valence-corrected chi connectivity index (χ1v) is 13.0. The molecule has 3 heterocycles. The van der Waals surface area contributed by atoms with Crippen LogP contribution in [0.15, 0.2) is 77.9 Å². The third-order valence-electron chi connectivity index (χ3n) is 6.64. The van der Waals surface area contributed by atoms with Crippen LogP contribution in [0.5, 0.6) is 0 Å². The summed E-state index contributed by atoms with van der Waals surface area (Å²) in [6, 6.07) is 21.9. The monoisotopic (exact) mass is 529 g/mol. The average Bonchev–Trinajstić information content (AvgIpc) is 2.90. The Morgan fingerprint density at radius 1 is 0.973 bits per heavy atom. The van der Waals surface area contributed by atoms with Crippen molar-refractivity contribution in [2.45, 2.75) is 25.8 Å². The second-order valence-electron chi connectivity index (χ2n) is 9.12. The molecule has 0 amide bonds. The summed E-state index contributed by atoms with van der Waals surface area (Å²) >= 11 is 13.0. The van der Waals surface area contributed by atoms with E-state index in [2.05, 4.69) is 27.0 Å². The molecule has 3 aromatic rings. The number of fused-ring (bicyclic) bond motifs is 2. The van der Waals surface area contributed by atoms with Crippen molar-refractivity contribution < 1.29 is 4.74 Å². The Labute approximate surface area is 224 Å². The maximum Gasteiger partial charge on any atom is 0.0900 e. The lowest BCUT2D eigenvalue weighted by atomic mass is 10.1. The molecule has 1 aliphatic carbocycles. The summed E-state index contributed by atoms with van der Waals surface area (Å²) in [5, 5.41) is 5.58. The number of hydrogen-bond acceptors (Lipinski definition) is 5. The van der Waals surface area contributed by atoms with Gasteiger partial charge in [-0.15, -0.1) is 0 Å². The molecule has 186 valence electrons. The van der Waals surface area contributed by atoms with Gasteiger partial charge < -0.3 is 14.6 Å². The standard InChI is InChI=1S/C29H25Cl2N5O/c1-18-22(6-4-12-32-18)34-24-16-26-29(17-25(24)33-20-10-13-37-14-11-20)36(27-9-8-19(30)15-21(27)31)28-7-3-2-5-23(28)35-26/h2-9,12,15-17,20,34H,10-11,13-14H2,1H3. The number of benzene rings is 3. The highest BCUT2D eigenvalue weighted by atomic mass is 35.5. The number of anilines is 2. The molecule has 0 unspecified atom stereocenters. The fourth-order valence-corrected chi connectivity index (χ4v) is 5.24. The smallest absolute Gasteiger partial charge is 0.0900 e. The van der Waals surface area contributed by atoms with Crippen LogP contribution in [0.2, 0.25) is 10.0 Å². The highest BCUT2D eigenvalue weighted by molar-refractivity contribution is 6.35. The third-order valence-corrected chi connectivity index (χ3v) is 7.17. The number of para-hydroxylation sites is 2. The number of hydrogen-bond donors (Lipinski definition) is 1. The van der Waals surface area contributed by atoms with Crippen LogP contribution in [-0.4, -0.2) is 33.8 Å². The minimum Gasteiger partial charge on any atom is -0.381 e. The molecule has 1 saturated heterocycles. The van der Waals surface area contributed by atoms with Gasteiger partial charge in [0.15, 0.2) is 0 Å². The van der Waals surface area contributed by atoms with Crippen molar-refractivity contribution in [3.05, 3.63) is 94.0 Å². The van der Waals surface area contributed by atoms with Crippen molar-refractivity contribution in [2.24, 2.45) is 4.99 Å². The molecule has 0 spiro atoms. The van der Waals surface area contributed by atoms with E-state index in [1.807, 2.05) is 55.5 Å². The van der Waals surface area contributed by atoms with Gasteiger partial charge in [-0.05, 0) is 74.4 Å². The summed E-state index contributed by atoms with van der Waals surface area (Å²) in [5.41, 5.74) is 7.08. The van der Waals surface area contributed by atoms with Gasteiger partial charge in [0, 0.05) is 24.4 Å². The number of aromatic nitrogens is 3. The molecule has 0 atom stereocenters. The second-order valence-corrected chi connectivity index (χ2v) is 9.97. The quantitative estimate of drug-likeness (QED) is 0.255. The highest BCUT2D eigenvalue weighted by Gasteiger charge is 2.20. The molecule has 3 aliphatic rings. The van der Waals surface area contributed by atoms with E-state index in [4.69, 9.17) is 37.9 Å². The van der Waals surface area contributed by atoms with Crippen molar-refractivity contribution >= 4 is 45.6 Å². The maximum atomic E-state index is 6.73. The second kappa shape index (κ2) is 10.1. The lowest BCUT2D eigenvalue weighted by Gasteiger charge is -2.22. The molecule has 1 fully saturated rings. The highest BCUT2D eigenvalue weighted by Crippen LogP contribution is 2.34. The van der Waals surface area contributed by atoms with Crippen LogP contribution in [0, 0.1) is 6.92 Å². The zero-order chi connectivity index (χ0) is 25.4. The van der Waals surface area contributed by atoms with Crippen LogP contribution in [-0.2, 0) is 4.74 Å². The molecule has 8 heteroatoms. The van der Waals surface area contributed by atoms with Gasteiger partial charge in [-0.25, -0.2) is 4.98 Å². The zero-order valence-corrected chi connectivity index (χ0v) is 21.8. The summed E-state index contributed by atoms with van der Waals surface area (Å²) < 4.78 is 7.71. The summed E-state index contributed by atoms with van der Waals surface area (Å²) in [6.45, 7) is 3.43. The number of nitrogens with one attached hydrogen (secondary N) is 1. The SMILES string of the molecule is Cc1ncccc1Nc1cc2nc3ccccc3n(-c3ccc(Cl)cc3Cl)c-2cc1=NC1CCOCC1. The van der Waals surface area contributed by atoms with E-state index in [-0.39, 0.29) is 6.04 Å². The maximum absolute atomic E-state index is 6.73. The van der Waals surface area contributed by atoms with Gasteiger partial charge >= 0.3 is 0 Å². The van der Waals surface area contributed by atoms with Gasteiger partial charge in [-0.3, -0.25) is 9.98 Å².